The molecule has 1 unspecified atom stereocenters. The molecule has 0 bridgehead atoms. The lowest BCUT2D eigenvalue weighted by Crippen LogP contribution is -1.99. The molecule has 0 aliphatic heterocycles. The van der Waals surface area contributed by atoms with E-state index in [1.165, 1.54) is 6.42 Å². The summed E-state index contributed by atoms with van der Waals surface area (Å²) in [6, 6.07) is 0. The molecule has 0 aliphatic carbocycles. The van der Waals surface area contributed by atoms with Crippen LogP contribution in [0.25, 0.3) is 0 Å². The summed E-state index contributed by atoms with van der Waals surface area (Å²) in [5.41, 5.74) is 0.351. The first-order valence-electron chi connectivity index (χ1n) is 4.15. The molecule has 0 radical (unpaired) electrons. The predicted molar refractivity (Wildman–Crippen MR) is 48.1 cm³/mol. The first kappa shape index (κ1) is 9.74. The van der Waals surface area contributed by atoms with Gasteiger partial charge in [0.25, 0.3) is 0 Å². The molecule has 0 N–H and O–H groups in total. The van der Waals surface area contributed by atoms with Gasteiger partial charge in [-0.1, -0.05) is 53.2 Å². The third-order valence-corrected chi connectivity index (χ3v) is 1.57. The Morgan fingerprint density at radius 2 is 1.80 bits per heavy atom. The Morgan fingerprint density at radius 1 is 1.30 bits per heavy atom. The molecule has 0 rings (SSSR count). The Balaban J connectivity index is 3.75. The van der Waals surface area contributed by atoms with Gasteiger partial charge < -0.3 is 0 Å². The average molecular weight is 140 g/mol. The summed E-state index contributed by atoms with van der Waals surface area (Å²) in [6.07, 6.45) is 5.84. The zero-order valence-corrected chi connectivity index (χ0v) is 7.94. The van der Waals surface area contributed by atoms with Crippen LogP contribution in [-0.2, 0) is 0 Å². The Bertz CT molecular complexity index is 104. The van der Waals surface area contributed by atoms with Crippen molar-refractivity contribution in [1.82, 2.24) is 0 Å². The summed E-state index contributed by atoms with van der Waals surface area (Å²) in [4.78, 5) is 0. The van der Waals surface area contributed by atoms with Crippen LogP contribution in [0, 0.1) is 11.3 Å². The Kier molecular flexibility index (Phi) is 3.70. The topological polar surface area (TPSA) is 0 Å². The lowest BCUT2D eigenvalue weighted by Gasteiger charge is -2.12. The van der Waals surface area contributed by atoms with Crippen LogP contribution >= 0.6 is 0 Å². The molecule has 0 aromatic heterocycles. The maximum atomic E-state index is 2.31. The summed E-state index contributed by atoms with van der Waals surface area (Å²) in [5.74, 6) is 0.735. The highest BCUT2D eigenvalue weighted by molar-refractivity contribution is 4.94. The molecule has 0 aromatic rings. The van der Waals surface area contributed by atoms with Gasteiger partial charge in [-0.3, -0.25) is 0 Å². The van der Waals surface area contributed by atoms with Gasteiger partial charge in [0.2, 0.25) is 0 Å². The van der Waals surface area contributed by atoms with Crippen LogP contribution in [0.15, 0.2) is 12.2 Å². The third-order valence-electron chi connectivity index (χ3n) is 1.57. The monoisotopic (exact) mass is 140 g/mol. The molecule has 0 fully saturated rings. The van der Waals surface area contributed by atoms with Crippen LogP contribution in [-0.4, -0.2) is 0 Å². The zero-order valence-electron chi connectivity index (χ0n) is 7.94. The van der Waals surface area contributed by atoms with Gasteiger partial charge in [-0.05, 0) is 11.3 Å². The number of rotatable bonds is 2. The van der Waals surface area contributed by atoms with Crippen molar-refractivity contribution in [3.05, 3.63) is 12.2 Å². The molecule has 0 aliphatic rings. The van der Waals surface area contributed by atoms with Crippen molar-refractivity contribution in [3.8, 4) is 0 Å². The molecule has 0 heterocycles. The molecular formula is C10H20. The van der Waals surface area contributed by atoms with Crippen LogP contribution in [0.2, 0.25) is 0 Å². The quantitative estimate of drug-likeness (QED) is 0.514. The fourth-order valence-electron chi connectivity index (χ4n) is 0.589. The highest BCUT2D eigenvalue weighted by Crippen LogP contribution is 2.16. The maximum Gasteiger partial charge on any atom is -0.0203 e. The van der Waals surface area contributed by atoms with Crippen molar-refractivity contribution < 1.29 is 0 Å². The Morgan fingerprint density at radius 3 is 2.10 bits per heavy atom. The standard InChI is InChI=1S/C10H20/c1-6-9(2)7-8-10(3,4)5/h7-9H,6H2,1-5H3. The van der Waals surface area contributed by atoms with E-state index >= 15 is 0 Å². The fourth-order valence-corrected chi connectivity index (χ4v) is 0.589. The van der Waals surface area contributed by atoms with Crippen LogP contribution in [0.4, 0.5) is 0 Å². The highest BCUT2D eigenvalue weighted by Gasteiger charge is 2.03. The molecule has 0 aromatic carbocycles. The zero-order chi connectivity index (χ0) is 8.20. The van der Waals surface area contributed by atoms with Crippen molar-refractivity contribution in [1.29, 1.82) is 0 Å². The lowest BCUT2D eigenvalue weighted by molar-refractivity contribution is 0.535. The average Bonchev–Trinajstić information content (AvgIpc) is 1.81. The Labute approximate surface area is 65.3 Å². The van der Waals surface area contributed by atoms with Crippen LogP contribution in [0.1, 0.15) is 41.0 Å². The van der Waals surface area contributed by atoms with Crippen molar-refractivity contribution in [2.45, 2.75) is 41.0 Å². The molecule has 1 atom stereocenters. The van der Waals surface area contributed by atoms with Gasteiger partial charge in [0, 0.05) is 0 Å². The summed E-state index contributed by atoms with van der Waals surface area (Å²) in [7, 11) is 0. The van der Waals surface area contributed by atoms with E-state index in [2.05, 4.69) is 46.8 Å². The number of hydrogen-bond donors (Lipinski definition) is 0. The summed E-state index contributed by atoms with van der Waals surface area (Å²) >= 11 is 0. The minimum atomic E-state index is 0.351. The van der Waals surface area contributed by atoms with Crippen LogP contribution < -0.4 is 0 Å². The van der Waals surface area contributed by atoms with Gasteiger partial charge in [0.15, 0.2) is 0 Å². The minimum absolute atomic E-state index is 0.351. The molecule has 0 saturated heterocycles. The second-order valence-electron chi connectivity index (χ2n) is 4.11. The van der Waals surface area contributed by atoms with Crippen molar-refractivity contribution in [2.75, 3.05) is 0 Å². The van der Waals surface area contributed by atoms with Crippen molar-refractivity contribution >= 4 is 0 Å². The maximum absolute atomic E-state index is 2.31. The van der Waals surface area contributed by atoms with E-state index in [-0.39, 0.29) is 0 Å². The molecule has 0 nitrogen and oxygen atoms in total. The molecule has 0 spiro atoms. The van der Waals surface area contributed by atoms with Crippen LogP contribution in [0.3, 0.4) is 0 Å². The molecule has 0 amide bonds. The van der Waals surface area contributed by atoms with Gasteiger partial charge in [-0.2, -0.15) is 0 Å². The molecule has 10 heavy (non-hydrogen) atoms. The van der Waals surface area contributed by atoms with E-state index in [9.17, 15) is 0 Å². The van der Waals surface area contributed by atoms with Crippen molar-refractivity contribution in [2.24, 2.45) is 11.3 Å². The van der Waals surface area contributed by atoms with E-state index in [1.807, 2.05) is 0 Å². The van der Waals surface area contributed by atoms with Crippen molar-refractivity contribution in [3.63, 3.8) is 0 Å². The van der Waals surface area contributed by atoms with Gasteiger partial charge in [-0.15, -0.1) is 0 Å². The fraction of sp³-hybridized carbons (Fsp3) is 0.800. The van der Waals surface area contributed by atoms with E-state index in [1.54, 1.807) is 0 Å². The van der Waals surface area contributed by atoms with Crippen LogP contribution in [0.5, 0.6) is 0 Å². The lowest BCUT2D eigenvalue weighted by atomic mass is 9.94. The second-order valence-corrected chi connectivity index (χ2v) is 4.11. The summed E-state index contributed by atoms with van der Waals surface area (Å²) in [6.45, 7) is 11.2. The normalized spacial score (nSPS) is 16.1. The van der Waals surface area contributed by atoms with E-state index < -0.39 is 0 Å². The van der Waals surface area contributed by atoms with Gasteiger partial charge in [-0.25, -0.2) is 0 Å². The third kappa shape index (κ3) is 5.87. The smallest absolute Gasteiger partial charge is 0.0203 e. The molecule has 0 heteroatoms. The second kappa shape index (κ2) is 3.80. The molecule has 0 saturated carbocycles. The first-order chi connectivity index (χ1) is 4.45. The predicted octanol–water partition coefficient (Wildman–Crippen LogP) is 3.63. The largest absolute Gasteiger partial charge is 0.0852 e. The van der Waals surface area contributed by atoms with E-state index in [0.29, 0.717) is 5.41 Å². The summed E-state index contributed by atoms with van der Waals surface area (Å²) in [5, 5.41) is 0. The van der Waals surface area contributed by atoms with Gasteiger partial charge in [0.05, 0.1) is 0 Å². The molecular weight excluding hydrogens is 120 g/mol. The summed E-state index contributed by atoms with van der Waals surface area (Å²) < 4.78 is 0. The van der Waals surface area contributed by atoms with Gasteiger partial charge >= 0.3 is 0 Å². The Hall–Kier alpha value is -0.260. The SMILES string of the molecule is CCC(C)C=CC(C)(C)C. The highest BCUT2D eigenvalue weighted by atomic mass is 14.1. The minimum Gasteiger partial charge on any atom is -0.0852 e. The van der Waals surface area contributed by atoms with Gasteiger partial charge in [0.1, 0.15) is 0 Å². The molecule has 60 valence electrons. The van der Waals surface area contributed by atoms with E-state index in [4.69, 9.17) is 0 Å². The first-order valence-corrected chi connectivity index (χ1v) is 4.15. The number of hydrogen-bond acceptors (Lipinski definition) is 0. The number of allylic oxidation sites excluding steroid dienone is 2. The van der Waals surface area contributed by atoms with E-state index in [0.717, 1.165) is 5.92 Å².